The molecule has 2 fully saturated rings. The normalized spacial score (nSPS) is 16.9. The number of aromatic nitrogens is 2. The Hall–Kier alpha value is -3.43. The second-order valence-corrected chi connectivity index (χ2v) is 9.50. The first-order chi connectivity index (χ1) is 17.9. The summed E-state index contributed by atoms with van der Waals surface area (Å²) >= 11 is 0. The minimum Gasteiger partial charge on any atom is -0.378 e. The number of carbonyl (C=O) groups excluding carboxylic acids is 1. The van der Waals surface area contributed by atoms with E-state index in [-0.39, 0.29) is 24.3 Å². The Labute approximate surface area is 215 Å². The number of anilines is 2. The van der Waals surface area contributed by atoms with Crippen LogP contribution in [0, 0.1) is 0 Å². The quantitative estimate of drug-likeness (QED) is 0.489. The number of rotatable bonds is 8. The molecule has 1 amide bonds. The molecule has 0 saturated carbocycles. The van der Waals surface area contributed by atoms with Crippen LogP contribution in [0.1, 0.15) is 24.5 Å². The molecule has 1 N–H and O–H groups in total. The number of piperazine rings is 1. The summed E-state index contributed by atoms with van der Waals surface area (Å²) in [5.41, 5.74) is 3.03. The number of ether oxygens (including phenoxy) is 1. The van der Waals surface area contributed by atoms with Gasteiger partial charge in [-0.2, -0.15) is 0 Å². The first kappa shape index (κ1) is 25.2. The van der Waals surface area contributed by atoms with Crippen molar-refractivity contribution in [3.8, 4) is 11.3 Å². The molecule has 3 aromatic rings. The van der Waals surface area contributed by atoms with Crippen molar-refractivity contribution in [2.24, 2.45) is 0 Å². The lowest BCUT2D eigenvalue weighted by Gasteiger charge is -2.43. The first-order valence-corrected chi connectivity index (χ1v) is 12.7. The van der Waals surface area contributed by atoms with E-state index >= 15 is 0 Å². The van der Waals surface area contributed by atoms with E-state index in [1.807, 2.05) is 24.3 Å². The van der Waals surface area contributed by atoms with Gasteiger partial charge in [-0.3, -0.25) is 14.7 Å². The fourth-order valence-electron chi connectivity index (χ4n) is 4.67. The number of hydrogen-bond acceptors (Lipinski definition) is 6. The molecule has 3 heterocycles. The molecule has 2 aliphatic heterocycles. The molecule has 2 aliphatic rings. The second-order valence-electron chi connectivity index (χ2n) is 9.50. The lowest BCUT2D eigenvalue weighted by molar-refractivity contribution is -0.115. The minimum absolute atomic E-state index is 0.0343. The molecule has 1 aromatic heterocycles. The van der Waals surface area contributed by atoms with Crippen molar-refractivity contribution in [3.63, 3.8) is 0 Å². The van der Waals surface area contributed by atoms with E-state index in [4.69, 9.17) is 4.74 Å². The SMILES string of the molecule is CCC(F)(F)c1ccc(CC(=O)Nc2ccc(-c3nccnc3N3CCN(C4COC4)CC3)cc2)cc1. The Balaban J connectivity index is 1.20. The summed E-state index contributed by atoms with van der Waals surface area (Å²) in [6, 6.07) is 14.0. The highest BCUT2D eigenvalue weighted by Crippen LogP contribution is 2.31. The van der Waals surface area contributed by atoms with Gasteiger partial charge in [0.25, 0.3) is 5.92 Å². The number of amides is 1. The zero-order valence-electron chi connectivity index (χ0n) is 20.9. The molecule has 0 unspecified atom stereocenters. The Morgan fingerprint density at radius 2 is 1.68 bits per heavy atom. The van der Waals surface area contributed by atoms with Crippen LogP contribution < -0.4 is 10.2 Å². The molecule has 0 aliphatic carbocycles. The summed E-state index contributed by atoms with van der Waals surface area (Å²) in [4.78, 5) is 26.5. The van der Waals surface area contributed by atoms with E-state index in [2.05, 4.69) is 25.1 Å². The summed E-state index contributed by atoms with van der Waals surface area (Å²) in [6.45, 7) is 6.80. The minimum atomic E-state index is -2.86. The van der Waals surface area contributed by atoms with Crippen molar-refractivity contribution in [2.45, 2.75) is 31.7 Å². The molecule has 0 spiro atoms. The monoisotopic (exact) mass is 507 g/mol. The highest BCUT2D eigenvalue weighted by molar-refractivity contribution is 5.92. The van der Waals surface area contributed by atoms with Gasteiger partial charge in [0, 0.05) is 61.8 Å². The molecule has 9 heteroatoms. The molecule has 0 atom stereocenters. The van der Waals surface area contributed by atoms with Crippen LogP contribution in [0.2, 0.25) is 0 Å². The van der Waals surface area contributed by atoms with Crippen LogP contribution in [-0.2, 0) is 21.9 Å². The van der Waals surface area contributed by atoms with Crippen molar-refractivity contribution in [1.82, 2.24) is 14.9 Å². The average molecular weight is 508 g/mol. The van der Waals surface area contributed by atoms with Crippen molar-refractivity contribution < 1.29 is 18.3 Å². The van der Waals surface area contributed by atoms with Crippen molar-refractivity contribution in [3.05, 3.63) is 72.1 Å². The zero-order valence-corrected chi connectivity index (χ0v) is 20.9. The molecule has 2 aromatic carbocycles. The van der Waals surface area contributed by atoms with E-state index in [9.17, 15) is 13.6 Å². The van der Waals surface area contributed by atoms with E-state index < -0.39 is 5.92 Å². The Morgan fingerprint density at radius 3 is 2.30 bits per heavy atom. The maximum absolute atomic E-state index is 13.8. The van der Waals surface area contributed by atoms with E-state index in [1.165, 1.54) is 19.1 Å². The van der Waals surface area contributed by atoms with Gasteiger partial charge < -0.3 is 15.0 Å². The number of nitrogens with one attached hydrogen (secondary N) is 1. The number of carbonyl (C=O) groups is 1. The largest absolute Gasteiger partial charge is 0.378 e. The molecule has 2 saturated heterocycles. The summed E-state index contributed by atoms with van der Waals surface area (Å²) < 4.78 is 33.0. The lowest BCUT2D eigenvalue weighted by Crippen LogP contribution is -2.56. The smallest absolute Gasteiger partial charge is 0.273 e. The van der Waals surface area contributed by atoms with Crippen LogP contribution in [0.25, 0.3) is 11.3 Å². The van der Waals surface area contributed by atoms with Crippen molar-refractivity contribution in [1.29, 1.82) is 0 Å². The van der Waals surface area contributed by atoms with Gasteiger partial charge in [-0.25, -0.2) is 13.8 Å². The number of benzene rings is 2. The summed E-state index contributed by atoms with van der Waals surface area (Å²) in [5.74, 6) is -2.20. The van der Waals surface area contributed by atoms with E-state index in [0.717, 1.165) is 56.5 Å². The molecule has 0 radical (unpaired) electrons. The maximum atomic E-state index is 13.8. The van der Waals surface area contributed by atoms with Gasteiger partial charge in [-0.1, -0.05) is 43.3 Å². The molecular formula is C28H31F2N5O2. The molecule has 194 valence electrons. The molecule has 0 bridgehead atoms. The highest BCUT2D eigenvalue weighted by Gasteiger charge is 2.30. The van der Waals surface area contributed by atoms with Crippen LogP contribution in [0.15, 0.2) is 60.9 Å². The Bertz CT molecular complexity index is 1210. The fourth-order valence-corrected chi connectivity index (χ4v) is 4.67. The zero-order chi connectivity index (χ0) is 25.8. The maximum Gasteiger partial charge on any atom is 0.273 e. The summed E-state index contributed by atoms with van der Waals surface area (Å²) in [7, 11) is 0. The van der Waals surface area contributed by atoms with Gasteiger partial charge in [-0.05, 0) is 17.7 Å². The summed E-state index contributed by atoms with van der Waals surface area (Å²) in [5, 5.41) is 2.88. The van der Waals surface area contributed by atoms with Crippen LogP contribution >= 0.6 is 0 Å². The predicted molar refractivity (Wildman–Crippen MR) is 139 cm³/mol. The number of hydrogen-bond donors (Lipinski definition) is 1. The fraction of sp³-hybridized carbons (Fsp3) is 0.393. The topological polar surface area (TPSA) is 70.6 Å². The number of alkyl halides is 2. The average Bonchev–Trinajstić information content (AvgIpc) is 2.89. The number of nitrogens with zero attached hydrogens (tertiary/aromatic N) is 4. The molecule has 5 rings (SSSR count). The Morgan fingerprint density at radius 1 is 1.00 bits per heavy atom. The highest BCUT2D eigenvalue weighted by atomic mass is 19.3. The third-order valence-corrected chi connectivity index (χ3v) is 7.06. The van der Waals surface area contributed by atoms with Crippen LogP contribution in [0.5, 0.6) is 0 Å². The lowest BCUT2D eigenvalue weighted by atomic mass is 10.0. The number of halogens is 2. The predicted octanol–water partition coefficient (Wildman–Crippen LogP) is 4.35. The van der Waals surface area contributed by atoms with Crippen LogP contribution in [-0.4, -0.2) is 66.2 Å². The van der Waals surface area contributed by atoms with E-state index in [0.29, 0.717) is 17.3 Å². The van der Waals surface area contributed by atoms with Gasteiger partial charge >= 0.3 is 0 Å². The van der Waals surface area contributed by atoms with Gasteiger partial charge in [0.1, 0.15) is 5.69 Å². The summed E-state index contributed by atoms with van der Waals surface area (Å²) in [6.07, 6.45) is 3.26. The van der Waals surface area contributed by atoms with Gasteiger partial charge in [0.15, 0.2) is 5.82 Å². The van der Waals surface area contributed by atoms with Crippen molar-refractivity contribution >= 4 is 17.4 Å². The standard InChI is InChI=1S/C28H31F2N5O2/c1-2-28(29,30)22-7-3-20(4-8-22)17-25(36)33-23-9-5-21(6-10-23)26-27(32-12-11-31-26)35-15-13-34(14-16-35)24-18-37-19-24/h3-12,24H,2,13-19H2,1H3,(H,33,36). The van der Waals surface area contributed by atoms with Gasteiger partial charge in [0.2, 0.25) is 5.91 Å². The van der Waals surface area contributed by atoms with Crippen LogP contribution in [0.3, 0.4) is 0 Å². The van der Waals surface area contributed by atoms with Gasteiger partial charge in [-0.15, -0.1) is 0 Å². The molecule has 7 nitrogen and oxygen atoms in total. The first-order valence-electron chi connectivity index (χ1n) is 12.7. The van der Waals surface area contributed by atoms with Crippen molar-refractivity contribution in [2.75, 3.05) is 49.6 Å². The third-order valence-electron chi connectivity index (χ3n) is 7.06. The van der Waals surface area contributed by atoms with Gasteiger partial charge in [0.05, 0.1) is 25.7 Å². The van der Waals surface area contributed by atoms with Crippen LogP contribution in [0.4, 0.5) is 20.3 Å². The third kappa shape index (κ3) is 5.78. The molecular weight excluding hydrogens is 476 g/mol. The second kappa shape index (κ2) is 10.9. The van der Waals surface area contributed by atoms with E-state index in [1.54, 1.807) is 24.5 Å². The molecule has 37 heavy (non-hydrogen) atoms. The Kier molecular flexibility index (Phi) is 7.43.